The highest BCUT2D eigenvalue weighted by atomic mass is 15.1. The quantitative estimate of drug-likeness (QED) is 0.610. The van der Waals surface area contributed by atoms with Gasteiger partial charge >= 0.3 is 0 Å². The molecule has 0 spiro atoms. The van der Waals surface area contributed by atoms with E-state index in [1.54, 1.807) is 0 Å². The Kier molecular flexibility index (Phi) is 3.09. The first-order valence-corrected chi connectivity index (χ1v) is 4.33. The van der Waals surface area contributed by atoms with Crippen molar-refractivity contribution in [1.82, 2.24) is 4.90 Å². The number of nitrogens with zero attached hydrogens (tertiary/aromatic N) is 1. The second-order valence-corrected chi connectivity index (χ2v) is 3.60. The summed E-state index contributed by atoms with van der Waals surface area (Å²) in [5.74, 6) is 0.593. The Balaban J connectivity index is 2.20. The van der Waals surface area contributed by atoms with Gasteiger partial charge in [0.15, 0.2) is 0 Å². The van der Waals surface area contributed by atoms with Gasteiger partial charge in [0.1, 0.15) is 0 Å². The van der Waals surface area contributed by atoms with Crippen LogP contribution in [-0.4, -0.2) is 30.6 Å². The first kappa shape index (κ1) is 8.75. The number of hydrogen-bond acceptors (Lipinski definition) is 2. The lowest BCUT2D eigenvalue weighted by molar-refractivity contribution is 0.295. The van der Waals surface area contributed by atoms with Gasteiger partial charge < -0.3 is 5.73 Å². The van der Waals surface area contributed by atoms with Crippen LogP contribution in [0.5, 0.6) is 0 Å². The van der Waals surface area contributed by atoms with Crippen molar-refractivity contribution in [3.05, 3.63) is 12.2 Å². The van der Waals surface area contributed by atoms with Crippen molar-refractivity contribution in [1.29, 1.82) is 0 Å². The fourth-order valence-electron chi connectivity index (χ4n) is 1.18. The van der Waals surface area contributed by atoms with E-state index in [0.717, 1.165) is 19.6 Å². The Bertz CT molecular complexity index is 132. The van der Waals surface area contributed by atoms with Gasteiger partial charge in [0.05, 0.1) is 0 Å². The predicted molar refractivity (Wildman–Crippen MR) is 48.4 cm³/mol. The number of rotatable bonds is 3. The molecule has 1 aliphatic heterocycles. The third-order valence-corrected chi connectivity index (χ3v) is 2.22. The van der Waals surface area contributed by atoms with Crippen molar-refractivity contribution in [3.63, 3.8) is 0 Å². The van der Waals surface area contributed by atoms with Gasteiger partial charge in [-0.05, 0) is 5.92 Å². The highest BCUT2D eigenvalue weighted by molar-refractivity contribution is 4.96. The fraction of sp³-hybridized carbons (Fsp3) is 0.778. The Hall–Kier alpha value is -0.340. The summed E-state index contributed by atoms with van der Waals surface area (Å²) < 4.78 is 0. The van der Waals surface area contributed by atoms with E-state index in [1.165, 1.54) is 0 Å². The van der Waals surface area contributed by atoms with Crippen LogP contribution in [0, 0.1) is 5.92 Å². The molecule has 0 aromatic carbocycles. The van der Waals surface area contributed by atoms with Crippen molar-refractivity contribution >= 4 is 0 Å². The fourth-order valence-corrected chi connectivity index (χ4v) is 1.18. The molecule has 2 heteroatoms. The molecule has 0 aliphatic carbocycles. The SMILES string of the molecule is CC(C)C(N)CN1CC=CC1. The zero-order valence-corrected chi connectivity index (χ0v) is 7.46. The summed E-state index contributed by atoms with van der Waals surface area (Å²) in [6, 6.07) is 0.329. The average molecular weight is 154 g/mol. The van der Waals surface area contributed by atoms with Crippen LogP contribution < -0.4 is 5.73 Å². The Morgan fingerprint density at radius 2 is 1.91 bits per heavy atom. The Morgan fingerprint density at radius 1 is 1.36 bits per heavy atom. The zero-order valence-electron chi connectivity index (χ0n) is 7.46. The summed E-state index contributed by atoms with van der Waals surface area (Å²) in [6.45, 7) is 7.55. The van der Waals surface area contributed by atoms with Crippen LogP contribution in [-0.2, 0) is 0 Å². The van der Waals surface area contributed by atoms with Crippen molar-refractivity contribution in [2.45, 2.75) is 19.9 Å². The molecular formula is C9H18N2. The predicted octanol–water partition coefficient (Wildman–Crippen LogP) is 0.842. The molecule has 0 aromatic rings. The number of nitrogens with two attached hydrogens (primary N) is 1. The topological polar surface area (TPSA) is 29.3 Å². The van der Waals surface area contributed by atoms with Crippen LogP contribution in [0.25, 0.3) is 0 Å². The first-order chi connectivity index (χ1) is 5.20. The molecule has 0 radical (unpaired) electrons. The third-order valence-electron chi connectivity index (χ3n) is 2.22. The maximum absolute atomic E-state index is 5.93. The van der Waals surface area contributed by atoms with E-state index in [2.05, 4.69) is 30.9 Å². The molecule has 1 atom stereocenters. The molecule has 2 nitrogen and oxygen atoms in total. The number of hydrogen-bond donors (Lipinski definition) is 1. The van der Waals surface area contributed by atoms with E-state index in [9.17, 15) is 0 Å². The summed E-state index contributed by atoms with van der Waals surface area (Å²) in [4.78, 5) is 2.37. The lowest BCUT2D eigenvalue weighted by Crippen LogP contribution is -2.39. The molecule has 0 saturated carbocycles. The molecular weight excluding hydrogens is 136 g/mol. The molecule has 64 valence electrons. The van der Waals surface area contributed by atoms with Gasteiger partial charge in [0.2, 0.25) is 0 Å². The lowest BCUT2D eigenvalue weighted by Gasteiger charge is -2.22. The van der Waals surface area contributed by atoms with Crippen molar-refractivity contribution in [3.8, 4) is 0 Å². The van der Waals surface area contributed by atoms with Crippen LogP contribution in [0.15, 0.2) is 12.2 Å². The largest absolute Gasteiger partial charge is 0.326 e. The zero-order chi connectivity index (χ0) is 8.27. The maximum Gasteiger partial charge on any atom is 0.0191 e. The van der Waals surface area contributed by atoms with Crippen molar-refractivity contribution in [2.24, 2.45) is 11.7 Å². The normalized spacial score (nSPS) is 21.5. The van der Waals surface area contributed by atoms with E-state index in [1.807, 2.05) is 0 Å². The third kappa shape index (κ3) is 2.64. The summed E-state index contributed by atoms with van der Waals surface area (Å²) >= 11 is 0. The summed E-state index contributed by atoms with van der Waals surface area (Å²) in [6.07, 6.45) is 4.40. The molecule has 1 unspecified atom stereocenters. The van der Waals surface area contributed by atoms with Gasteiger partial charge in [0, 0.05) is 25.7 Å². The molecule has 1 aliphatic rings. The minimum atomic E-state index is 0.329. The van der Waals surface area contributed by atoms with E-state index in [-0.39, 0.29) is 0 Å². The molecule has 0 amide bonds. The minimum Gasteiger partial charge on any atom is -0.326 e. The molecule has 11 heavy (non-hydrogen) atoms. The molecule has 0 aromatic heterocycles. The van der Waals surface area contributed by atoms with Crippen LogP contribution in [0.1, 0.15) is 13.8 Å². The maximum atomic E-state index is 5.93. The smallest absolute Gasteiger partial charge is 0.0191 e. The van der Waals surface area contributed by atoms with E-state index < -0.39 is 0 Å². The first-order valence-electron chi connectivity index (χ1n) is 4.33. The highest BCUT2D eigenvalue weighted by Crippen LogP contribution is 2.04. The van der Waals surface area contributed by atoms with Crippen LogP contribution in [0.2, 0.25) is 0 Å². The van der Waals surface area contributed by atoms with E-state index in [0.29, 0.717) is 12.0 Å². The summed E-state index contributed by atoms with van der Waals surface area (Å²) in [5, 5.41) is 0. The monoisotopic (exact) mass is 154 g/mol. The Labute approximate surface area is 69.1 Å². The van der Waals surface area contributed by atoms with Gasteiger partial charge in [-0.3, -0.25) is 4.90 Å². The average Bonchev–Trinajstić information content (AvgIpc) is 2.39. The lowest BCUT2D eigenvalue weighted by atomic mass is 10.1. The van der Waals surface area contributed by atoms with Gasteiger partial charge in [-0.2, -0.15) is 0 Å². The standard InChI is InChI=1S/C9H18N2/c1-8(2)9(10)7-11-5-3-4-6-11/h3-4,8-9H,5-7,10H2,1-2H3. The molecule has 1 rings (SSSR count). The molecule has 2 N–H and O–H groups in total. The van der Waals surface area contributed by atoms with Gasteiger partial charge in [-0.25, -0.2) is 0 Å². The van der Waals surface area contributed by atoms with Crippen molar-refractivity contribution in [2.75, 3.05) is 19.6 Å². The Morgan fingerprint density at radius 3 is 2.36 bits per heavy atom. The molecule has 0 fully saturated rings. The second-order valence-electron chi connectivity index (χ2n) is 3.60. The van der Waals surface area contributed by atoms with Crippen LogP contribution >= 0.6 is 0 Å². The highest BCUT2D eigenvalue weighted by Gasteiger charge is 2.13. The van der Waals surface area contributed by atoms with Gasteiger partial charge in [-0.1, -0.05) is 26.0 Å². The van der Waals surface area contributed by atoms with Gasteiger partial charge in [0.25, 0.3) is 0 Å². The van der Waals surface area contributed by atoms with Gasteiger partial charge in [-0.15, -0.1) is 0 Å². The van der Waals surface area contributed by atoms with Crippen LogP contribution in [0.3, 0.4) is 0 Å². The van der Waals surface area contributed by atoms with Crippen molar-refractivity contribution < 1.29 is 0 Å². The van der Waals surface area contributed by atoms with Crippen LogP contribution in [0.4, 0.5) is 0 Å². The van der Waals surface area contributed by atoms with E-state index >= 15 is 0 Å². The molecule has 0 bridgehead atoms. The summed E-state index contributed by atoms with van der Waals surface area (Å²) in [7, 11) is 0. The molecule has 0 saturated heterocycles. The minimum absolute atomic E-state index is 0.329. The second kappa shape index (κ2) is 3.88. The molecule has 1 heterocycles. The van der Waals surface area contributed by atoms with E-state index in [4.69, 9.17) is 5.73 Å². The summed E-state index contributed by atoms with van der Waals surface area (Å²) in [5.41, 5.74) is 5.93.